The van der Waals surface area contributed by atoms with Crippen LogP contribution in [0.4, 0.5) is 0 Å². The Bertz CT molecular complexity index is 979. The van der Waals surface area contributed by atoms with Crippen molar-refractivity contribution in [2.45, 2.75) is 58.2 Å². The Morgan fingerprint density at radius 2 is 2.14 bits per heavy atom. The van der Waals surface area contributed by atoms with E-state index in [0.717, 1.165) is 29.0 Å². The van der Waals surface area contributed by atoms with Crippen molar-refractivity contribution >= 4 is 5.91 Å². The van der Waals surface area contributed by atoms with E-state index in [9.17, 15) is 14.7 Å². The van der Waals surface area contributed by atoms with Crippen LogP contribution in [0.25, 0.3) is 0 Å². The summed E-state index contributed by atoms with van der Waals surface area (Å²) in [5.41, 5.74) is 3.36. The van der Waals surface area contributed by atoms with Gasteiger partial charge < -0.3 is 15.2 Å². The molecule has 2 aliphatic rings. The number of carbonyl (C=O) groups excluding carboxylic acids is 1. The summed E-state index contributed by atoms with van der Waals surface area (Å²) in [5.74, 6) is 1.01. The molecule has 0 saturated heterocycles. The molecule has 1 atom stereocenters. The van der Waals surface area contributed by atoms with Crippen molar-refractivity contribution in [1.82, 2.24) is 14.9 Å². The van der Waals surface area contributed by atoms with Crippen molar-refractivity contribution in [3.8, 4) is 5.75 Å². The van der Waals surface area contributed by atoms with Crippen LogP contribution in [-0.2, 0) is 17.8 Å². The summed E-state index contributed by atoms with van der Waals surface area (Å²) >= 11 is 0. The lowest BCUT2D eigenvalue weighted by Gasteiger charge is -2.38. The summed E-state index contributed by atoms with van der Waals surface area (Å²) in [6.07, 6.45) is 2.14. The molecule has 1 aromatic carbocycles. The zero-order valence-electron chi connectivity index (χ0n) is 16.9. The Morgan fingerprint density at radius 1 is 1.34 bits per heavy atom. The highest BCUT2D eigenvalue weighted by Crippen LogP contribution is 2.39. The number of benzene rings is 1. The fourth-order valence-corrected chi connectivity index (χ4v) is 4.28. The first-order valence-electron chi connectivity index (χ1n) is 10.2. The molecule has 1 fully saturated rings. The van der Waals surface area contributed by atoms with E-state index < -0.39 is 0 Å². The number of fused-ring (bicyclic) bond motifs is 1. The summed E-state index contributed by atoms with van der Waals surface area (Å²) in [6.45, 7) is 4.61. The van der Waals surface area contributed by atoms with E-state index in [2.05, 4.69) is 16.4 Å². The maximum atomic E-state index is 12.7. The third-order valence-electron chi connectivity index (χ3n) is 5.92. The number of nitrogens with zero attached hydrogens (tertiary/aromatic N) is 2. The topological polar surface area (TPSA) is 93.5 Å². The van der Waals surface area contributed by atoms with Crippen LogP contribution in [0.2, 0.25) is 0 Å². The summed E-state index contributed by atoms with van der Waals surface area (Å²) in [7, 11) is 0. The fraction of sp³-hybridized carbons (Fsp3) is 0.500. The lowest BCUT2D eigenvalue weighted by Crippen LogP contribution is -2.41. The van der Waals surface area contributed by atoms with E-state index in [-0.39, 0.29) is 36.1 Å². The first-order valence-corrected chi connectivity index (χ1v) is 10.2. The van der Waals surface area contributed by atoms with Crippen molar-refractivity contribution < 1.29 is 14.6 Å². The molecule has 1 unspecified atom stereocenters. The molecule has 154 valence electrons. The molecule has 2 aromatic rings. The molecule has 4 rings (SSSR count). The number of nitrogens with one attached hydrogen (secondary N) is 1. The fourth-order valence-electron chi connectivity index (χ4n) is 4.28. The van der Waals surface area contributed by atoms with Gasteiger partial charge in [-0.3, -0.25) is 9.36 Å². The molecule has 2 N–H and O–H groups in total. The van der Waals surface area contributed by atoms with Crippen molar-refractivity contribution in [3.63, 3.8) is 0 Å². The number of aromatic nitrogens is 2. The van der Waals surface area contributed by atoms with Gasteiger partial charge in [0, 0.05) is 30.8 Å². The van der Waals surface area contributed by atoms with Gasteiger partial charge in [0.25, 0.3) is 0 Å². The maximum Gasteiger partial charge on any atom is 0.347 e. The van der Waals surface area contributed by atoms with Gasteiger partial charge in [-0.1, -0.05) is 6.07 Å². The molecule has 1 aliphatic carbocycles. The minimum Gasteiger partial charge on any atom is -0.493 e. The molecule has 0 bridgehead atoms. The number of hydrogen-bond acceptors (Lipinski definition) is 5. The Kier molecular flexibility index (Phi) is 5.41. The van der Waals surface area contributed by atoms with Crippen LogP contribution < -0.4 is 15.7 Å². The Morgan fingerprint density at radius 3 is 2.86 bits per heavy atom. The van der Waals surface area contributed by atoms with Gasteiger partial charge in [-0.25, -0.2) is 4.79 Å². The average molecular weight is 397 g/mol. The molecule has 1 aromatic heterocycles. The smallest absolute Gasteiger partial charge is 0.347 e. The lowest BCUT2D eigenvalue weighted by atomic mass is 9.75. The molecule has 1 aliphatic heterocycles. The van der Waals surface area contributed by atoms with Crippen LogP contribution in [0.5, 0.6) is 5.75 Å². The van der Waals surface area contributed by atoms with Gasteiger partial charge in [0.15, 0.2) is 0 Å². The maximum absolute atomic E-state index is 12.7. The quantitative estimate of drug-likeness (QED) is 0.776. The van der Waals surface area contributed by atoms with Crippen molar-refractivity contribution in [2.75, 3.05) is 6.61 Å². The highest BCUT2D eigenvalue weighted by atomic mass is 16.5. The molecule has 2 heterocycles. The van der Waals surface area contributed by atoms with Crippen molar-refractivity contribution in [1.29, 1.82) is 0 Å². The van der Waals surface area contributed by atoms with Crippen molar-refractivity contribution in [3.05, 3.63) is 57.3 Å². The number of aryl methyl sites for hydroxylation is 2. The van der Waals surface area contributed by atoms with E-state index in [1.165, 1.54) is 4.57 Å². The number of aliphatic hydroxyl groups excluding tert-OH is 1. The van der Waals surface area contributed by atoms with Crippen LogP contribution in [0.3, 0.4) is 0 Å². The number of amides is 1. The molecule has 29 heavy (non-hydrogen) atoms. The van der Waals surface area contributed by atoms with Gasteiger partial charge in [-0.2, -0.15) is 4.98 Å². The molecule has 1 saturated carbocycles. The van der Waals surface area contributed by atoms with E-state index >= 15 is 0 Å². The van der Waals surface area contributed by atoms with E-state index in [0.29, 0.717) is 31.7 Å². The van der Waals surface area contributed by atoms with E-state index in [4.69, 9.17) is 4.74 Å². The highest BCUT2D eigenvalue weighted by Gasteiger charge is 2.36. The largest absolute Gasteiger partial charge is 0.493 e. The summed E-state index contributed by atoms with van der Waals surface area (Å²) in [6, 6.07) is 7.76. The molecule has 1 amide bonds. The molecule has 0 spiro atoms. The van der Waals surface area contributed by atoms with Gasteiger partial charge in [-0.05, 0) is 61.9 Å². The zero-order chi connectivity index (χ0) is 20.5. The second-order valence-corrected chi connectivity index (χ2v) is 8.12. The van der Waals surface area contributed by atoms with Crippen molar-refractivity contribution in [2.24, 2.45) is 5.92 Å². The van der Waals surface area contributed by atoms with Crippen LogP contribution in [0.15, 0.2) is 29.1 Å². The normalized spacial score (nSPS) is 21.1. The second kappa shape index (κ2) is 7.99. The van der Waals surface area contributed by atoms with Gasteiger partial charge in [-0.15, -0.1) is 0 Å². The second-order valence-electron chi connectivity index (χ2n) is 8.12. The van der Waals surface area contributed by atoms with Crippen LogP contribution in [0, 0.1) is 19.8 Å². The molecule has 0 radical (unpaired) electrons. The predicted octanol–water partition coefficient (Wildman–Crippen LogP) is 1.81. The number of carbonyl (C=O) groups is 1. The zero-order valence-corrected chi connectivity index (χ0v) is 16.9. The molecular weight excluding hydrogens is 370 g/mol. The van der Waals surface area contributed by atoms with E-state index in [1.54, 1.807) is 6.92 Å². The van der Waals surface area contributed by atoms with Gasteiger partial charge in [0.05, 0.1) is 18.8 Å². The number of rotatable bonds is 6. The van der Waals surface area contributed by atoms with Gasteiger partial charge >= 0.3 is 5.69 Å². The Hall–Kier alpha value is -2.67. The lowest BCUT2D eigenvalue weighted by molar-refractivity contribution is -0.123. The molecular formula is C22H27N3O4. The third kappa shape index (κ3) is 4.19. The first-order chi connectivity index (χ1) is 13.9. The van der Waals surface area contributed by atoms with Crippen LogP contribution >= 0.6 is 0 Å². The Balaban J connectivity index is 1.46. The number of hydrogen-bond donors (Lipinski definition) is 2. The first kappa shape index (κ1) is 19.6. The van der Waals surface area contributed by atoms with Gasteiger partial charge in [0.2, 0.25) is 5.91 Å². The minimum atomic E-state index is -0.326. The molecule has 7 heteroatoms. The highest BCUT2D eigenvalue weighted by molar-refractivity contribution is 5.76. The molecule has 7 nitrogen and oxygen atoms in total. The summed E-state index contributed by atoms with van der Waals surface area (Å²) in [4.78, 5) is 28.8. The summed E-state index contributed by atoms with van der Waals surface area (Å²) < 4.78 is 7.11. The minimum absolute atomic E-state index is 0.111. The third-order valence-corrected chi connectivity index (χ3v) is 5.92. The predicted molar refractivity (Wildman–Crippen MR) is 108 cm³/mol. The standard InChI is InChI=1S/C22H27N3O4/c1-13-9-14(2)25(22(28)23-13)7-5-20(27)24-21(17-11-18(26)12-17)16-3-4-19-15(10-16)6-8-29-19/h3-4,9-10,17-18,21,26H,5-8,11-12H2,1-2H3,(H,24,27). The van der Waals surface area contributed by atoms with Gasteiger partial charge in [0.1, 0.15) is 5.75 Å². The Labute approximate surface area is 169 Å². The monoisotopic (exact) mass is 397 g/mol. The van der Waals surface area contributed by atoms with Crippen LogP contribution in [0.1, 0.15) is 47.8 Å². The SMILES string of the molecule is Cc1cc(C)n(CCC(=O)NC(c2ccc3c(c2)CCO3)C2CC(O)C2)c(=O)n1. The number of aliphatic hydroxyl groups is 1. The summed E-state index contributed by atoms with van der Waals surface area (Å²) in [5, 5.41) is 12.9. The average Bonchev–Trinajstić information content (AvgIpc) is 3.10. The number of ether oxygens (including phenoxy) is 1. The van der Waals surface area contributed by atoms with E-state index in [1.807, 2.05) is 25.1 Å². The van der Waals surface area contributed by atoms with Crippen LogP contribution in [-0.4, -0.2) is 33.3 Å².